The Labute approximate surface area is 80.7 Å². The predicted octanol–water partition coefficient (Wildman–Crippen LogP) is -2.64. The summed E-state index contributed by atoms with van der Waals surface area (Å²) in [6, 6.07) is 0. The largest absolute Gasteiger partial charge is 0.748 e. The molecule has 0 radical (unpaired) electrons. The Bertz CT molecular complexity index is 287. The predicted molar refractivity (Wildman–Crippen MR) is 42.1 cm³/mol. The number of aliphatic hydroxyl groups is 3. The molecule has 0 aliphatic carbocycles. The molecule has 8 heteroatoms. The molecule has 1 saturated heterocycles. The molecule has 84 valence electrons. The molecule has 0 saturated carbocycles. The average Bonchev–Trinajstić information content (AvgIpc) is 2.28. The van der Waals surface area contributed by atoms with Crippen LogP contribution in [0, 0.1) is 0 Å². The first-order valence-electron chi connectivity index (χ1n) is 3.94. The molecule has 7 nitrogen and oxygen atoms in total. The van der Waals surface area contributed by atoms with Crippen molar-refractivity contribution in [3.8, 4) is 0 Å². The zero-order valence-electron chi connectivity index (χ0n) is 7.11. The minimum Gasteiger partial charge on any atom is -0.748 e. The van der Waals surface area contributed by atoms with E-state index >= 15 is 0 Å². The maximum Gasteiger partial charge on any atom is 0.183 e. The van der Waals surface area contributed by atoms with Gasteiger partial charge in [0.25, 0.3) is 0 Å². The van der Waals surface area contributed by atoms with Gasteiger partial charge in [0.15, 0.2) is 6.29 Å². The first-order chi connectivity index (χ1) is 6.31. The van der Waals surface area contributed by atoms with Gasteiger partial charge >= 0.3 is 0 Å². The van der Waals surface area contributed by atoms with Gasteiger partial charge in [-0.2, -0.15) is 0 Å². The van der Waals surface area contributed by atoms with E-state index in [0.717, 1.165) is 0 Å². The van der Waals surface area contributed by atoms with Crippen LogP contribution in [-0.4, -0.2) is 58.6 Å². The molecule has 14 heavy (non-hydrogen) atoms. The van der Waals surface area contributed by atoms with Gasteiger partial charge in [0, 0.05) is 5.75 Å². The molecule has 1 rings (SSSR count). The Kier molecular flexibility index (Phi) is 3.45. The molecule has 0 aromatic carbocycles. The normalized spacial score (nSPS) is 38.9. The lowest BCUT2D eigenvalue weighted by atomic mass is 10.1. The maximum atomic E-state index is 10.2. The number of hydrogen-bond acceptors (Lipinski definition) is 7. The summed E-state index contributed by atoms with van der Waals surface area (Å²) in [5, 5.41) is 27.1. The Morgan fingerprint density at radius 3 is 2.14 bits per heavy atom. The van der Waals surface area contributed by atoms with Gasteiger partial charge in [0.1, 0.15) is 12.2 Å². The first kappa shape index (κ1) is 11.8. The van der Waals surface area contributed by atoms with Gasteiger partial charge in [-0.3, -0.25) is 0 Å². The van der Waals surface area contributed by atoms with E-state index in [0.29, 0.717) is 0 Å². The second kappa shape index (κ2) is 4.09. The number of hydrogen-bond donors (Lipinski definition) is 3. The van der Waals surface area contributed by atoms with E-state index in [-0.39, 0.29) is 6.42 Å². The lowest BCUT2D eigenvalue weighted by Gasteiger charge is -2.14. The first-order valence-corrected chi connectivity index (χ1v) is 5.52. The third-order valence-electron chi connectivity index (χ3n) is 1.99. The summed E-state index contributed by atoms with van der Waals surface area (Å²) in [5.74, 6) is -0.700. The van der Waals surface area contributed by atoms with Crippen LogP contribution in [0.3, 0.4) is 0 Å². The summed E-state index contributed by atoms with van der Waals surface area (Å²) in [6.45, 7) is 0. The van der Waals surface area contributed by atoms with Crippen LogP contribution in [0.5, 0.6) is 0 Å². The molecular weight excluding hydrogens is 216 g/mol. The standard InChI is InChI=1S/C6H12O7S/c7-4-3(1-2-14(10,11)12)13-6(9)5(4)8/h3-9H,1-2H2,(H,10,11,12)/p-1/t3-,4-,5-,6?/m1/s1. The highest BCUT2D eigenvalue weighted by Crippen LogP contribution is 2.22. The van der Waals surface area contributed by atoms with Crippen LogP contribution in [-0.2, 0) is 14.9 Å². The lowest BCUT2D eigenvalue weighted by Crippen LogP contribution is -2.33. The third-order valence-corrected chi connectivity index (χ3v) is 2.73. The van der Waals surface area contributed by atoms with Gasteiger partial charge in [-0.05, 0) is 6.42 Å². The van der Waals surface area contributed by atoms with E-state index in [4.69, 9.17) is 10.2 Å². The van der Waals surface area contributed by atoms with Crippen LogP contribution in [0.1, 0.15) is 6.42 Å². The highest BCUT2D eigenvalue weighted by Gasteiger charge is 2.41. The van der Waals surface area contributed by atoms with Gasteiger partial charge in [-0.15, -0.1) is 0 Å². The van der Waals surface area contributed by atoms with Crippen LogP contribution >= 0.6 is 0 Å². The maximum absolute atomic E-state index is 10.2. The number of aliphatic hydroxyl groups excluding tert-OH is 3. The third kappa shape index (κ3) is 2.87. The Morgan fingerprint density at radius 2 is 1.79 bits per heavy atom. The van der Waals surface area contributed by atoms with Crippen molar-refractivity contribution in [2.45, 2.75) is 31.0 Å². The minimum atomic E-state index is -4.37. The van der Waals surface area contributed by atoms with Crippen molar-refractivity contribution in [3.05, 3.63) is 0 Å². The van der Waals surface area contributed by atoms with Crippen LogP contribution < -0.4 is 0 Å². The Balaban J connectivity index is 2.48. The van der Waals surface area contributed by atoms with E-state index in [1.807, 2.05) is 0 Å². The Morgan fingerprint density at radius 1 is 1.21 bits per heavy atom. The van der Waals surface area contributed by atoms with Crippen molar-refractivity contribution in [1.82, 2.24) is 0 Å². The molecule has 4 atom stereocenters. The van der Waals surface area contributed by atoms with E-state index in [9.17, 15) is 18.1 Å². The highest BCUT2D eigenvalue weighted by molar-refractivity contribution is 7.85. The summed E-state index contributed by atoms with van der Waals surface area (Å²) < 4.78 is 35.4. The van der Waals surface area contributed by atoms with Gasteiger partial charge in [-0.25, -0.2) is 8.42 Å². The second-order valence-corrected chi connectivity index (χ2v) is 4.62. The molecule has 0 bridgehead atoms. The lowest BCUT2D eigenvalue weighted by molar-refractivity contribution is -0.127. The molecule has 0 aromatic rings. The van der Waals surface area contributed by atoms with Crippen molar-refractivity contribution < 1.29 is 33.0 Å². The molecule has 1 aliphatic heterocycles. The Hall–Kier alpha value is -0.250. The SMILES string of the molecule is O=S(=O)([O-])CC[C@H]1OC(O)[C@H](O)[C@@H]1O. The van der Waals surface area contributed by atoms with Crippen molar-refractivity contribution in [2.75, 3.05) is 5.75 Å². The summed E-state index contributed by atoms with van der Waals surface area (Å²) in [5.41, 5.74) is 0. The number of rotatable bonds is 3. The summed E-state index contributed by atoms with van der Waals surface area (Å²) in [7, 11) is -4.37. The summed E-state index contributed by atoms with van der Waals surface area (Å²) in [6.07, 6.45) is -5.64. The van der Waals surface area contributed by atoms with Crippen LogP contribution in [0.15, 0.2) is 0 Å². The second-order valence-electron chi connectivity index (χ2n) is 3.10. The molecule has 1 unspecified atom stereocenters. The highest BCUT2D eigenvalue weighted by atomic mass is 32.2. The van der Waals surface area contributed by atoms with E-state index < -0.39 is 40.5 Å². The molecule has 1 aliphatic rings. The van der Waals surface area contributed by atoms with Crippen molar-refractivity contribution in [1.29, 1.82) is 0 Å². The van der Waals surface area contributed by atoms with Crippen molar-refractivity contribution >= 4 is 10.1 Å². The summed E-state index contributed by atoms with van der Waals surface area (Å²) >= 11 is 0. The molecule has 1 fully saturated rings. The van der Waals surface area contributed by atoms with Crippen LogP contribution in [0.25, 0.3) is 0 Å². The average molecular weight is 227 g/mol. The van der Waals surface area contributed by atoms with Gasteiger partial charge in [0.05, 0.1) is 16.2 Å². The van der Waals surface area contributed by atoms with Crippen molar-refractivity contribution in [3.63, 3.8) is 0 Å². The molecule has 0 amide bonds. The fraction of sp³-hybridized carbons (Fsp3) is 1.00. The summed E-state index contributed by atoms with van der Waals surface area (Å²) in [4.78, 5) is 0. The zero-order chi connectivity index (χ0) is 10.9. The topological polar surface area (TPSA) is 127 Å². The van der Waals surface area contributed by atoms with Gasteiger partial charge in [0.2, 0.25) is 0 Å². The molecular formula is C6H11O7S-. The zero-order valence-corrected chi connectivity index (χ0v) is 7.92. The van der Waals surface area contributed by atoms with Gasteiger partial charge < -0.3 is 24.6 Å². The smallest absolute Gasteiger partial charge is 0.183 e. The molecule has 3 N–H and O–H groups in total. The van der Waals surface area contributed by atoms with E-state index in [1.165, 1.54) is 0 Å². The fourth-order valence-corrected chi connectivity index (χ4v) is 1.75. The van der Waals surface area contributed by atoms with E-state index in [2.05, 4.69) is 4.74 Å². The van der Waals surface area contributed by atoms with Crippen LogP contribution in [0.4, 0.5) is 0 Å². The number of ether oxygens (including phenoxy) is 1. The minimum absolute atomic E-state index is 0.249. The van der Waals surface area contributed by atoms with Crippen molar-refractivity contribution in [2.24, 2.45) is 0 Å². The van der Waals surface area contributed by atoms with Gasteiger partial charge in [-0.1, -0.05) is 0 Å². The monoisotopic (exact) mass is 227 g/mol. The fourth-order valence-electron chi connectivity index (χ4n) is 1.23. The molecule has 0 spiro atoms. The molecule has 0 aromatic heterocycles. The van der Waals surface area contributed by atoms with Crippen LogP contribution in [0.2, 0.25) is 0 Å². The quantitative estimate of drug-likeness (QED) is 0.450. The molecule has 1 heterocycles. The van der Waals surface area contributed by atoms with E-state index in [1.54, 1.807) is 0 Å².